The van der Waals surface area contributed by atoms with E-state index < -0.39 is 0 Å². The lowest BCUT2D eigenvalue weighted by Crippen LogP contribution is -2.37. The highest BCUT2D eigenvalue weighted by Crippen LogP contribution is 2.14. The predicted molar refractivity (Wildman–Crippen MR) is 60.9 cm³/mol. The molecule has 1 atom stereocenters. The highest BCUT2D eigenvalue weighted by molar-refractivity contribution is 5.33. The third-order valence-electron chi connectivity index (χ3n) is 2.87. The van der Waals surface area contributed by atoms with E-state index in [4.69, 9.17) is 0 Å². The van der Waals surface area contributed by atoms with Gasteiger partial charge in [-0.15, -0.1) is 0 Å². The first kappa shape index (κ1) is 10.4. The Morgan fingerprint density at radius 3 is 3.13 bits per heavy atom. The van der Waals surface area contributed by atoms with Crippen LogP contribution in [0.1, 0.15) is 12.8 Å². The molecule has 0 radical (unpaired) electrons. The third-order valence-corrected chi connectivity index (χ3v) is 2.87. The Kier molecular flexibility index (Phi) is 3.50. The van der Waals surface area contributed by atoms with Crippen LogP contribution in [0.15, 0.2) is 18.6 Å². The Balaban J connectivity index is 1.88. The number of aromatic nitrogens is 2. The standard InChI is InChI=1S/C11H18N4/c1-15(11-8-13-5-6-14-11)9-10-3-2-4-12-7-10/h5-6,8,10,12H,2-4,7,9H2,1H3. The molecule has 1 N–H and O–H groups in total. The summed E-state index contributed by atoms with van der Waals surface area (Å²) in [4.78, 5) is 10.6. The summed E-state index contributed by atoms with van der Waals surface area (Å²) in [6, 6.07) is 0. The molecule has 0 bridgehead atoms. The predicted octanol–water partition coefficient (Wildman–Crippen LogP) is 0.912. The fourth-order valence-electron chi connectivity index (χ4n) is 2.05. The average Bonchev–Trinajstić information content (AvgIpc) is 2.31. The van der Waals surface area contributed by atoms with Gasteiger partial charge in [0, 0.05) is 26.0 Å². The first-order valence-electron chi connectivity index (χ1n) is 5.54. The van der Waals surface area contributed by atoms with Crippen molar-refractivity contribution in [1.29, 1.82) is 0 Å². The number of anilines is 1. The van der Waals surface area contributed by atoms with Crippen molar-refractivity contribution in [1.82, 2.24) is 15.3 Å². The van der Waals surface area contributed by atoms with E-state index >= 15 is 0 Å². The number of nitrogens with zero attached hydrogens (tertiary/aromatic N) is 3. The van der Waals surface area contributed by atoms with Crippen LogP contribution >= 0.6 is 0 Å². The van der Waals surface area contributed by atoms with Gasteiger partial charge in [-0.2, -0.15) is 0 Å². The monoisotopic (exact) mass is 206 g/mol. The van der Waals surface area contributed by atoms with Gasteiger partial charge in [-0.1, -0.05) is 0 Å². The lowest BCUT2D eigenvalue weighted by Gasteiger charge is -2.27. The van der Waals surface area contributed by atoms with E-state index in [1.807, 2.05) is 6.20 Å². The van der Waals surface area contributed by atoms with Crippen LogP contribution < -0.4 is 10.2 Å². The summed E-state index contributed by atoms with van der Waals surface area (Å²) in [5, 5.41) is 3.43. The van der Waals surface area contributed by atoms with Crippen LogP contribution in [0.4, 0.5) is 5.82 Å². The molecule has 2 rings (SSSR count). The summed E-state index contributed by atoms with van der Waals surface area (Å²) in [6.07, 6.45) is 7.87. The minimum Gasteiger partial charge on any atom is -0.358 e. The van der Waals surface area contributed by atoms with Gasteiger partial charge in [-0.3, -0.25) is 4.98 Å². The molecule has 2 heterocycles. The van der Waals surface area contributed by atoms with Gasteiger partial charge in [0.15, 0.2) is 0 Å². The second-order valence-corrected chi connectivity index (χ2v) is 4.16. The topological polar surface area (TPSA) is 41.0 Å². The van der Waals surface area contributed by atoms with Gasteiger partial charge in [0.25, 0.3) is 0 Å². The molecule has 0 aromatic carbocycles. The van der Waals surface area contributed by atoms with Crippen molar-refractivity contribution in [2.75, 3.05) is 31.6 Å². The normalized spacial score (nSPS) is 21.3. The summed E-state index contributed by atoms with van der Waals surface area (Å²) in [6.45, 7) is 3.36. The Morgan fingerprint density at radius 2 is 2.47 bits per heavy atom. The van der Waals surface area contributed by atoms with E-state index in [0.717, 1.165) is 24.8 Å². The van der Waals surface area contributed by atoms with Crippen molar-refractivity contribution in [3.63, 3.8) is 0 Å². The SMILES string of the molecule is CN(CC1CCCNC1)c1cnccn1. The summed E-state index contributed by atoms with van der Waals surface area (Å²) >= 11 is 0. The highest BCUT2D eigenvalue weighted by Gasteiger charge is 2.15. The van der Waals surface area contributed by atoms with Crippen LogP contribution in [-0.2, 0) is 0 Å². The van der Waals surface area contributed by atoms with Gasteiger partial charge in [-0.05, 0) is 31.8 Å². The summed E-state index contributed by atoms with van der Waals surface area (Å²) < 4.78 is 0. The largest absolute Gasteiger partial charge is 0.358 e. The van der Waals surface area contributed by atoms with E-state index in [1.54, 1.807) is 12.4 Å². The van der Waals surface area contributed by atoms with Gasteiger partial charge in [0.2, 0.25) is 0 Å². The maximum atomic E-state index is 4.29. The van der Waals surface area contributed by atoms with Crippen molar-refractivity contribution in [2.45, 2.75) is 12.8 Å². The smallest absolute Gasteiger partial charge is 0.146 e. The summed E-state index contributed by atoms with van der Waals surface area (Å²) in [5.74, 6) is 1.70. The lowest BCUT2D eigenvalue weighted by molar-refractivity contribution is 0.380. The van der Waals surface area contributed by atoms with Crippen molar-refractivity contribution in [2.24, 2.45) is 5.92 Å². The maximum Gasteiger partial charge on any atom is 0.146 e. The van der Waals surface area contributed by atoms with E-state index in [0.29, 0.717) is 0 Å². The van der Waals surface area contributed by atoms with Crippen LogP contribution in [0.2, 0.25) is 0 Å². The lowest BCUT2D eigenvalue weighted by atomic mass is 9.99. The van der Waals surface area contributed by atoms with Crippen LogP contribution in [0.5, 0.6) is 0 Å². The highest BCUT2D eigenvalue weighted by atomic mass is 15.2. The van der Waals surface area contributed by atoms with E-state index in [2.05, 4.69) is 27.2 Å². The molecule has 0 aliphatic carbocycles. The zero-order valence-electron chi connectivity index (χ0n) is 9.19. The number of piperidine rings is 1. The molecule has 1 saturated heterocycles. The molecule has 0 amide bonds. The van der Waals surface area contributed by atoms with Crippen LogP contribution in [0.3, 0.4) is 0 Å². The second kappa shape index (κ2) is 5.07. The van der Waals surface area contributed by atoms with Crippen LogP contribution in [0, 0.1) is 5.92 Å². The van der Waals surface area contributed by atoms with Gasteiger partial charge in [-0.25, -0.2) is 4.98 Å². The molecule has 4 nitrogen and oxygen atoms in total. The molecule has 1 aromatic heterocycles. The molecule has 1 aliphatic rings. The molecular weight excluding hydrogens is 188 g/mol. The molecule has 1 aliphatic heterocycles. The molecule has 1 fully saturated rings. The van der Waals surface area contributed by atoms with E-state index in [1.165, 1.54) is 19.4 Å². The molecule has 82 valence electrons. The first-order valence-corrected chi connectivity index (χ1v) is 5.54. The first-order chi connectivity index (χ1) is 7.36. The van der Waals surface area contributed by atoms with E-state index in [-0.39, 0.29) is 0 Å². The number of rotatable bonds is 3. The summed E-state index contributed by atoms with van der Waals surface area (Å²) in [5.41, 5.74) is 0. The van der Waals surface area contributed by atoms with Crippen molar-refractivity contribution in [3.8, 4) is 0 Å². The molecule has 15 heavy (non-hydrogen) atoms. The van der Waals surface area contributed by atoms with Gasteiger partial charge in [0.1, 0.15) is 5.82 Å². The van der Waals surface area contributed by atoms with Crippen molar-refractivity contribution >= 4 is 5.82 Å². The number of nitrogens with one attached hydrogen (secondary N) is 1. The molecular formula is C11H18N4. The van der Waals surface area contributed by atoms with Gasteiger partial charge in [0.05, 0.1) is 6.20 Å². The fourth-order valence-corrected chi connectivity index (χ4v) is 2.05. The van der Waals surface area contributed by atoms with Crippen LogP contribution in [0.25, 0.3) is 0 Å². The molecule has 0 saturated carbocycles. The van der Waals surface area contributed by atoms with Gasteiger partial charge < -0.3 is 10.2 Å². The van der Waals surface area contributed by atoms with E-state index in [9.17, 15) is 0 Å². The average molecular weight is 206 g/mol. The zero-order chi connectivity index (χ0) is 10.5. The Morgan fingerprint density at radius 1 is 1.53 bits per heavy atom. The Bertz CT molecular complexity index is 282. The quantitative estimate of drug-likeness (QED) is 0.798. The minimum absolute atomic E-state index is 0.741. The molecule has 1 aromatic rings. The molecule has 0 spiro atoms. The van der Waals surface area contributed by atoms with Crippen LogP contribution in [-0.4, -0.2) is 36.6 Å². The number of hydrogen-bond donors (Lipinski definition) is 1. The zero-order valence-corrected chi connectivity index (χ0v) is 9.19. The Hall–Kier alpha value is -1.16. The van der Waals surface area contributed by atoms with Crippen molar-refractivity contribution < 1.29 is 0 Å². The maximum absolute atomic E-state index is 4.29. The third kappa shape index (κ3) is 2.89. The fraction of sp³-hybridized carbons (Fsp3) is 0.636. The van der Waals surface area contributed by atoms with Crippen molar-refractivity contribution in [3.05, 3.63) is 18.6 Å². The minimum atomic E-state index is 0.741. The number of hydrogen-bond acceptors (Lipinski definition) is 4. The molecule has 4 heteroatoms. The second-order valence-electron chi connectivity index (χ2n) is 4.16. The molecule has 1 unspecified atom stereocenters. The Labute approximate surface area is 90.7 Å². The van der Waals surface area contributed by atoms with Gasteiger partial charge >= 0.3 is 0 Å². The summed E-state index contributed by atoms with van der Waals surface area (Å²) in [7, 11) is 2.08.